The molecule has 1 heterocycles. The lowest BCUT2D eigenvalue weighted by Crippen LogP contribution is -2.37. The molecule has 0 aliphatic carbocycles. The maximum atomic E-state index is 11.2. The second-order valence-electron chi connectivity index (χ2n) is 12.2. The summed E-state index contributed by atoms with van der Waals surface area (Å²) in [4.78, 5) is 11.2. The zero-order valence-electron chi connectivity index (χ0n) is 24.0. The van der Waals surface area contributed by atoms with Crippen LogP contribution >= 0.6 is 0 Å². The largest absolute Gasteiger partial charge is 0.487 e. The van der Waals surface area contributed by atoms with Gasteiger partial charge in [0.1, 0.15) is 17.1 Å². The first-order chi connectivity index (χ1) is 16.4. The molecule has 4 heteroatoms. The zero-order chi connectivity index (χ0) is 26.2. The minimum Gasteiger partial charge on any atom is -0.487 e. The summed E-state index contributed by atoms with van der Waals surface area (Å²) in [5, 5.41) is 0. The van der Waals surface area contributed by atoms with E-state index in [0.29, 0.717) is 0 Å². The van der Waals surface area contributed by atoms with Crippen LogP contribution in [0.5, 0.6) is 11.5 Å². The van der Waals surface area contributed by atoms with Gasteiger partial charge >= 0.3 is 0 Å². The Labute approximate surface area is 215 Å². The van der Waals surface area contributed by atoms with Crippen LogP contribution in [0.15, 0.2) is 0 Å². The van der Waals surface area contributed by atoms with Gasteiger partial charge in [-0.25, -0.2) is 0 Å². The van der Waals surface area contributed by atoms with Gasteiger partial charge in [-0.3, -0.25) is 4.79 Å². The molecule has 3 atom stereocenters. The van der Waals surface area contributed by atoms with Crippen LogP contribution in [0, 0.1) is 38.5 Å². The molecule has 2 N–H and O–H groups in total. The van der Waals surface area contributed by atoms with Gasteiger partial charge in [0.25, 0.3) is 5.91 Å². The van der Waals surface area contributed by atoms with E-state index in [9.17, 15) is 4.79 Å². The fourth-order valence-corrected chi connectivity index (χ4v) is 5.62. The number of benzene rings is 1. The number of nitrogens with two attached hydrogens (primary N) is 1. The van der Waals surface area contributed by atoms with Crippen molar-refractivity contribution in [2.75, 3.05) is 6.61 Å². The standard InChI is InChI=1S/C31H53NO3/c1-21(2)12-9-13-22(3)14-10-15-23(4)16-11-18-31(8)19-17-27-26(7)29(34-20-28(32)33)24(5)25(6)30(27)35-31/h21-23H,9-20H2,1-8H3,(H2,32,33). The molecule has 1 aliphatic heterocycles. The van der Waals surface area contributed by atoms with Crippen molar-refractivity contribution in [3.8, 4) is 11.5 Å². The molecule has 0 bridgehead atoms. The minimum atomic E-state index is -0.451. The molecular formula is C31H53NO3. The molecule has 0 aromatic heterocycles. The normalized spacial score (nSPS) is 19.2. The first-order valence-electron chi connectivity index (χ1n) is 14.2. The number of fused-ring (bicyclic) bond motifs is 1. The van der Waals surface area contributed by atoms with E-state index in [1.807, 2.05) is 6.92 Å². The zero-order valence-corrected chi connectivity index (χ0v) is 24.0. The van der Waals surface area contributed by atoms with Crippen molar-refractivity contribution in [2.45, 2.75) is 132 Å². The number of rotatable bonds is 15. The van der Waals surface area contributed by atoms with Gasteiger partial charge in [0.2, 0.25) is 0 Å². The molecule has 35 heavy (non-hydrogen) atoms. The van der Waals surface area contributed by atoms with Gasteiger partial charge in [-0.15, -0.1) is 0 Å². The average Bonchev–Trinajstić information content (AvgIpc) is 2.77. The Morgan fingerprint density at radius 1 is 0.914 bits per heavy atom. The molecule has 4 nitrogen and oxygen atoms in total. The van der Waals surface area contributed by atoms with Crippen molar-refractivity contribution < 1.29 is 14.3 Å². The van der Waals surface area contributed by atoms with Gasteiger partial charge in [0.15, 0.2) is 6.61 Å². The summed E-state index contributed by atoms with van der Waals surface area (Å²) in [6.07, 6.45) is 13.8. The molecule has 1 amide bonds. The Morgan fingerprint density at radius 3 is 2.06 bits per heavy atom. The van der Waals surface area contributed by atoms with Crippen molar-refractivity contribution in [1.29, 1.82) is 0 Å². The topological polar surface area (TPSA) is 61.5 Å². The number of amides is 1. The highest BCUT2D eigenvalue weighted by Gasteiger charge is 2.34. The Morgan fingerprint density at radius 2 is 1.49 bits per heavy atom. The minimum absolute atomic E-state index is 0.0896. The highest BCUT2D eigenvalue weighted by atomic mass is 16.5. The molecule has 1 aromatic rings. The molecule has 0 saturated carbocycles. The maximum Gasteiger partial charge on any atom is 0.255 e. The Balaban J connectivity index is 1.83. The quantitative estimate of drug-likeness (QED) is 0.272. The highest BCUT2D eigenvalue weighted by molar-refractivity contribution is 5.75. The predicted octanol–water partition coefficient (Wildman–Crippen LogP) is 8.00. The first-order valence-corrected chi connectivity index (χ1v) is 14.2. The van der Waals surface area contributed by atoms with Crippen LogP contribution in [0.1, 0.15) is 121 Å². The third-order valence-electron chi connectivity index (χ3n) is 8.20. The van der Waals surface area contributed by atoms with E-state index in [0.717, 1.165) is 65.2 Å². The summed E-state index contributed by atoms with van der Waals surface area (Å²) in [7, 11) is 0. The lowest BCUT2D eigenvalue weighted by Gasteiger charge is -2.38. The van der Waals surface area contributed by atoms with Crippen LogP contribution in [-0.4, -0.2) is 18.1 Å². The lowest BCUT2D eigenvalue weighted by atomic mass is 9.83. The van der Waals surface area contributed by atoms with E-state index >= 15 is 0 Å². The van der Waals surface area contributed by atoms with Crippen molar-refractivity contribution in [3.05, 3.63) is 22.3 Å². The van der Waals surface area contributed by atoms with E-state index in [1.165, 1.54) is 56.9 Å². The summed E-state index contributed by atoms with van der Waals surface area (Å²) < 4.78 is 12.5. The van der Waals surface area contributed by atoms with E-state index < -0.39 is 5.91 Å². The van der Waals surface area contributed by atoms with E-state index in [-0.39, 0.29) is 12.2 Å². The van der Waals surface area contributed by atoms with Crippen molar-refractivity contribution in [2.24, 2.45) is 23.5 Å². The molecule has 2 rings (SSSR count). The molecule has 0 fully saturated rings. The van der Waals surface area contributed by atoms with Crippen LogP contribution in [0.3, 0.4) is 0 Å². The summed E-state index contributed by atoms with van der Waals surface area (Å²) in [6, 6.07) is 0. The van der Waals surface area contributed by atoms with E-state index in [2.05, 4.69) is 48.5 Å². The van der Waals surface area contributed by atoms with Gasteiger partial charge in [0, 0.05) is 5.56 Å². The fraction of sp³-hybridized carbons (Fsp3) is 0.774. The lowest BCUT2D eigenvalue weighted by molar-refractivity contribution is -0.119. The molecule has 0 spiro atoms. The maximum absolute atomic E-state index is 11.2. The second kappa shape index (κ2) is 13.6. The predicted molar refractivity (Wildman–Crippen MR) is 147 cm³/mol. The summed E-state index contributed by atoms with van der Waals surface area (Å²) in [5.41, 5.74) is 9.65. The van der Waals surface area contributed by atoms with Gasteiger partial charge in [-0.1, -0.05) is 72.6 Å². The SMILES string of the molecule is Cc1c(C)c2c(c(C)c1OCC(N)=O)CCC(C)(CCCC(C)CCCC(C)CCCC(C)C)O2. The smallest absolute Gasteiger partial charge is 0.255 e. The number of hydrogen-bond donors (Lipinski definition) is 1. The van der Waals surface area contributed by atoms with Crippen LogP contribution in [-0.2, 0) is 11.2 Å². The number of ether oxygens (including phenoxy) is 2. The average molecular weight is 488 g/mol. The molecule has 0 radical (unpaired) electrons. The molecule has 200 valence electrons. The van der Waals surface area contributed by atoms with E-state index in [1.54, 1.807) is 0 Å². The fourth-order valence-electron chi connectivity index (χ4n) is 5.62. The second-order valence-corrected chi connectivity index (χ2v) is 12.2. The van der Waals surface area contributed by atoms with Gasteiger partial charge in [-0.05, 0) is 87.8 Å². The summed E-state index contributed by atoms with van der Waals surface area (Å²) >= 11 is 0. The van der Waals surface area contributed by atoms with Gasteiger partial charge < -0.3 is 15.2 Å². The van der Waals surface area contributed by atoms with Crippen LogP contribution < -0.4 is 15.2 Å². The first kappa shape index (κ1) is 29.5. The van der Waals surface area contributed by atoms with Gasteiger partial charge in [-0.2, -0.15) is 0 Å². The number of carbonyl (C=O) groups is 1. The monoisotopic (exact) mass is 487 g/mol. The molecule has 1 aliphatic rings. The van der Waals surface area contributed by atoms with Crippen molar-refractivity contribution >= 4 is 5.91 Å². The molecule has 0 saturated heterocycles. The number of primary amides is 1. The summed E-state index contributed by atoms with van der Waals surface area (Å²) in [6.45, 7) is 17.9. The highest BCUT2D eigenvalue weighted by Crippen LogP contribution is 2.45. The van der Waals surface area contributed by atoms with Crippen molar-refractivity contribution in [3.63, 3.8) is 0 Å². The molecule has 3 unspecified atom stereocenters. The Hall–Kier alpha value is -1.71. The van der Waals surface area contributed by atoms with Gasteiger partial charge in [0.05, 0.1) is 0 Å². The number of carbonyl (C=O) groups excluding carboxylic acids is 1. The van der Waals surface area contributed by atoms with Crippen molar-refractivity contribution in [1.82, 2.24) is 0 Å². The molecule has 1 aromatic carbocycles. The number of hydrogen-bond acceptors (Lipinski definition) is 3. The third-order valence-corrected chi connectivity index (χ3v) is 8.20. The Kier molecular flexibility index (Phi) is 11.4. The van der Waals surface area contributed by atoms with E-state index in [4.69, 9.17) is 15.2 Å². The third kappa shape index (κ3) is 9.03. The summed E-state index contributed by atoms with van der Waals surface area (Å²) in [5.74, 6) is 3.85. The van der Waals surface area contributed by atoms with Crippen LogP contribution in [0.4, 0.5) is 0 Å². The van der Waals surface area contributed by atoms with Crippen LogP contribution in [0.2, 0.25) is 0 Å². The van der Waals surface area contributed by atoms with Crippen LogP contribution in [0.25, 0.3) is 0 Å². The Bertz CT molecular complexity index is 831. The molecular weight excluding hydrogens is 434 g/mol.